The minimum absolute atomic E-state index is 0.196. The van der Waals surface area contributed by atoms with Crippen molar-refractivity contribution >= 4 is 38.3 Å². The van der Waals surface area contributed by atoms with Gasteiger partial charge in [0.25, 0.3) is 10.0 Å². The highest BCUT2D eigenvalue weighted by atomic mass is 35.5. The maximum Gasteiger partial charge on any atom is 0.261 e. The fourth-order valence-corrected chi connectivity index (χ4v) is 5.33. The molecule has 3 aromatic rings. The molecule has 0 bridgehead atoms. The number of fused-ring (bicyclic) bond motifs is 3. The fraction of sp³-hybridized carbons (Fsp3) is 0.391. The van der Waals surface area contributed by atoms with Gasteiger partial charge < -0.3 is 4.42 Å². The van der Waals surface area contributed by atoms with Crippen LogP contribution < -0.4 is 4.72 Å². The number of halogens is 1. The summed E-state index contributed by atoms with van der Waals surface area (Å²) >= 11 is 6.03. The Morgan fingerprint density at radius 1 is 1.14 bits per heavy atom. The van der Waals surface area contributed by atoms with Gasteiger partial charge in [-0.05, 0) is 73.1 Å². The van der Waals surface area contributed by atoms with Gasteiger partial charge in [0.05, 0.1) is 4.90 Å². The van der Waals surface area contributed by atoms with Crippen LogP contribution >= 0.6 is 11.6 Å². The molecule has 1 aliphatic carbocycles. The van der Waals surface area contributed by atoms with Gasteiger partial charge in [-0.25, -0.2) is 8.42 Å². The number of benzene rings is 2. The second-order valence-electron chi connectivity index (χ2n) is 9.04. The van der Waals surface area contributed by atoms with E-state index in [1.165, 1.54) is 11.6 Å². The van der Waals surface area contributed by atoms with Gasteiger partial charge in [-0.2, -0.15) is 0 Å². The number of sulfonamides is 1. The molecule has 1 N–H and O–H groups in total. The normalized spacial score (nSPS) is 17.3. The zero-order valence-corrected chi connectivity index (χ0v) is 18.7. The van der Waals surface area contributed by atoms with Crippen molar-refractivity contribution in [1.82, 2.24) is 0 Å². The molecule has 1 aromatic heterocycles. The SMILES string of the molecule is Cc1cc(S(=O)(=O)Nc2ccc3oc4c(c3c2)C[C@H](C(C)(C)C)CC4)ccc1Cl. The van der Waals surface area contributed by atoms with Crippen molar-refractivity contribution in [2.75, 3.05) is 4.72 Å². The van der Waals surface area contributed by atoms with E-state index >= 15 is 0 Å². The molecular formula is C23H26ClNO3S. The average Bonchev–Trinajstić information content (AvgIpc) is 3.00. The van der Waals surface area contributed by atoms with Gasteiger partial charge in [-0.3, -0.25) is 4.72 Å². The highest BCUT2D eigenvalue weighted by Gasteiger charge is 2.31. The molecule has 0 radical (unpaired) electrons. The average molecular weight is 432 g/mol. The molecule has 154 valence electrons. The van der Waals surface area contributed by atoms with Crippen molar-refractivity contribution in [2.45, 2.75) is 51.9 Å². The predicted octanol–water partition coefficient (Wildman–Crippen LogP) is 6.35. The summed E-state index contributed by atoms with van der Waals surface area (Å²) in [6.45, 7) is 8.62. The maximum atomic E-state index is 12.8. The Hall–Kier alpha value is -1.98. The number of nitrogens with one attached hydrogen (secondary N) is 1. The van der Waals surface area contributed by atoms with E-state index in [0.29, 0.717) is 16.6 Å². The lowest BCUT2D eigenvalue weighted by molar-refractivity contribution is 0.210. The molecule has 0 unspecified atom stereocenters. The van der Waals surface area contributed by atoms with Crippen LogP contribution in [-0.4, -0.2) is 8.42 Å². The van der Waals surface area contributed by atoms with Crippen molar-refractivity contribution in [3.8, 4) is 0 Å². The van der Waals surface area contributed by atoms with E-state index in [4.69, 9.17) is 16.0 Å². The summed E-state index contributed by atoms with van der Waals surface area (Å²) in [5.41, 5.74) is 3.52. The number of anilines is 1. The highest BCUT2D eigenvalue weighted by Crippen LogP contribution is 2.41. The zero-order chi connectivity index (χ0) is 21.0. The van der Waals surface area contributed by atoms with Crippen LogP contribution in [0, 0.1) is 18.3 Å². The van der Waals surface area contributed by atoms with Gasteiger partial charge in [0, 0.05) is 28.1 Å². The van der Waals surface area contributed by atoms with Crippen molar-refractivity contribution in [2.24, 2.45) is 11.3 Å². The first kappa shape index (κ1) is 20.3. The molecule has 29 heavy (non-hydrogen) atoms. The monoisotopic (exact) mass is 431 g/mol. The first-order valence-corrected chi connectivity index (χ1v) is 11.7. The number of aryl methyl sites for hydroxylation is 2. The van der Waals surface area contributed by atoms with Crippen molar-refractivity contribution in [3.05, 3.63) is 58.3 Å². The molecular weight excluding hydrogens is 406 g/mol. The van der Waals surface area contributed by atoms with Crippen LogP contribution in [0.25, 0.3) is 11.0 Å². The van der Waals surface area contributed by atoms with Crippen LogP contribution in [0.3, 0.4) is 0 Å². The van der Waals surface area contributed by atoms with E-state index in [9.17, 15) is 8.42 Å². The van der Waals surface area contributed by atoms with Gasteiger partial charge in [0.1, 0.15) is 11.3 Å². The summed E-state index contributed by atoms with van der Waals surface area (Å²) in [5, 5.41) is 1.55. The van der Waals surface area contributed by atoms with Gasteiger partial charge in [-0.15, -0.1) is 0 Å². The summed E-state index contributed by atoms with van der Waals surface area (Å²) in [5.74, 6) is 1.61. The largest absolute Gasteiger partial charge is 0.461 e. The number of furan rings is 1. The smallest absolute Gasteiger partial charge is 0.261 e. The third-order valence-electron chi connectivity index (χ3n) is 5.96. The zero-order valence-electron chi connectivity index (χ0n) is 17.2. The Labute approximate surface area is 177 Å². The summed E-state index contributed by atoms with van der Waals surface area (Å²) in [6.07, 6.45) is 3.00. The molecule has 0 saturated carbocycles. The quantitative estimate of drug-likeness (QED) is 0.525. The molecule has 6 heteroatoms. The molecule has 2 aromatic carbocycles. The molecule has 1 atom stereocenters. The number of hydrogen-bond acceptors (Lipinski definition) is 3. The number of rotatable bonds is 3. The van der Waals surface area contributed by atoms with Crippen LogP contribution in [0.1, 0.15) is 44.1 Å². The summed E-state index contributed by atoms with van der Waals surface area (Å²) < 4.78 is 34.4. The Balaban J connectivity index is 1.68. The molecule has 0 saturated heterocycles. The number of hydrogen-bond donors (Lipinski definition) is 1. The second-order valence-corrected chi connectivity index (χ2v) is 11.1. The maximum absolute atomic E-state index is 12.8. The molecule has 1 heterocycles. The lowest BCUT2D eigenvalue weighted by Gasteiger charge is -2.33. The van der Waals surface area contributed by atoms with E-state index in [0.717, 1.165) is 41.6 Å². The summed E-state index contributed by atoms with van der Waals surface area (Å²) in [7, 11) is -3.70. The third-order valence-corrected chi connectivity index (χ3v) is 7.76. The van der Waals surface area contributed by atoms with E-state index in [1.807, 2.05) is 12.1 Å². The topological polar surface area (TPSA) is 59.3 Å². The Kier molecular flexibility index (Phi) is 4.94. The van der Waals surface area contributed by atoms with Crippen LogP contribution in [-0.2, 0) is 22.9 Å². The Morgan fingerprint density at radius 2 is 1.90 bits per heavy atom. The molecule has 0 aliphatic heterocycles. The lowest BCUT2D eigenvalue weighted by Crippen LogP contribution is -2.26. The molecule has 1 aliphatic rings. The summed E-state index contributed by atoms with van der Waals surface area (Å²) in [4.78, 5) is 0.196. The third kappa shape index (κ3) is 3.90. The van der Waals surface area contributed by atoms with Crippen LogP contribution in [0.2, 0.25) is 5.02 Å². The molecule has 0 spiro atoms. The van der Waals surface area contributed by atoms with Gasteiger partial charge in [0.15, 0.2) is 0 Å². The molecule has 4 rings (SSSR count). The summed E-state index contributed by atoms with van der Waals surface area (Å²) in [6, 6.07) is 10.2. The van der Waals surface area contributed by atoms with E-state index in [-0.39, 0.29) is 10.3 Å². The van der Waals surface area contributed by atoms with Crippen molar-refractivity contribution in [3.63, 3.8) is 0 Å². The van der Waals surface area contributed by atoms with Crippen LogP contribution in [0.15, 0.2) is 45.7 Å². The molecule has 4 nitrogen and oxygen atoms in total. The van der Waals surface area contributed by atoms with E-state index in [2.05, 4.69) is 25.5 Å². The van der Waals surface area contributed by atoms with E-state index in [1.54, 1.807) is 25.1 Å². The van der Waals surface area contributed by atoms with Crippen LogP contribution in [0.4, 0.5) is 5.69 Å². The molecule has 0 fully saturated rings. The minimum Gasteiger partial charge on any atom is -0.461 e. The minimum atomic E-state index is -3.70. The second kappa shape index (κ2) is 7.06. The lowest BCUT2D eigenvalue weighted by atomic mass is 9.71. The van der Waals surface area contributed by atoms with Crippen molar-refractivity contribution < 1.29 is 12.8 Å². The van der Waals surface area contributed by atoms with Crippen LogP contribution in [0.5, 0.6) is 0 Å². The molecule has 0 amide bonds. The Morgan fingerprint density at radius 3 is 2.59 bits per heavy atom. The van der Waals surface area contributed by atoms with Gasteiger partial charge in [-0.1, -0.05) is 32.4 Å². The highest BCUT2D eigenvalue weighted by molar-refractivity contribution is 7.92. The first-order chi connectivity index (χ1) is 13.5. The standard InChI is InChI=1S/C23H26ClNO3S/c1-14-11-17(7-8-20(14)24)29(26,27)25-16-6-10-22-19(13-16)18-12-15(23(2,3)4)5-9-21(18)28-22/h6-8,10-11,13,15,25H,5,9,12H2,1-4H3/t15-/m1/s1. The fourth-order valence-electron chi connectivity index (χ4n) is 4.08. The van der Waals surface area contributed by atoms with Gasteiger partial charge in [0.2, 0.25) is 0 Å². The van der Waals surface area contributed by atoms with Crippen molar-refractivity contribution in [1.29, 1.82) is 0 Å². The predicted molar refractivity (Wildman–Crippen MR) is 118 cm³/mol. The Bertz CT molecular complexity index is 1190. The van der Waals surface area contributed by atoms with Gasteiger partial charge >= 0.3 is 0 Å². The van der Waals surface area contributed by atoms with E-state index < -0.39 is 10.0 Å². The first-order valence-electron chi connectivity index (χ1n) is 9.88.